The maximum absolute atomic E-state index is 12.9. The van der Waals surface area contributed by atoms with Gasteiger partial charge in [0.1, 0.15) is 5.75 Å². The highest BCUT2D eigenvalue weighted by molar-refractivity contribution is 5.84. The van der Waals surface area contributed by atoms with Gasteiger partial charge in [0.25, 0.3) is 0 Å². The number of piperidine rings is 2. The summed E-state index contributed by atoms with van der Waals surface area (Å²) in [5, 5.41) is 9.09. The fourth-order valence-corrected chi connectivity index (χ4v) is 4.27. The summed E-state index contributed by atoms with van der Waals surface area (Å²) in [4.78, 5) is 29.1. The summed E-state index contributed by atoms with van der Waals surface area (Å²) in [6, 6.07) is 7.90. The van der Waals surface area contributed by atoms with E-state index in [1.165, 1.54) is 0 Å². The number of nitrogens with zero attached hydrogens (tertiary/aromatic N) is 2. The van der Waals surface area contributed by atoms with Crippen molar-refractivity contribution in [2.45, 2.75) is 38.5 Å². The number of benzene rings is 1. The third-order valence-corrected chi connectivity index (χ3v) is 6.14. The number of ether oxygens (including phenoxy) is 1. The first-order valence-corrected chi connectivity index (χ1v) is 10.4. The summed E-state index contributed by atoms with van der Waals surface area (Å²) in [5.41, 5.74) is 1.16. The average Bonchev–Trinajstić information content (AvgIpc) is 2.74. The highest BCUT2D eigenvalue weighted by Gasteiger charge is 2.33. The predicted octanol–water partition coefficient (Wildman–Crippen LogP) is 2.10. The van der Waals surface area contributed by atoms with Crippen molar-refractivity contribution >= 4 is 11.8 Å². The molecule has 2 amide bonds. The van der Waals surface area contributed by atoms with E-state index >= 15 is 0 Å². The molecule has 2 heterocycles. The van der Waals surface area contributed by atoms with Gasteiger partial charge in [-0.3, -0.25) is 9.59 Å². The zero-order valence-corrected chi connectivity index (χ0v) is 16.8. The summed E-state index contributed by atoms with van der Waals surface area (Å²) < 4.78 is 5.18. The minimum absolute atomic E-state index is 0.0806. The molecule has 2 fully saturated rings. The van der Waals surface area contributed by atoms with Gasteiger partial charge in [0, 0.05) is 39.2 Å². The van der Waals surface area contributed by atoms with E-state index in [0.29, 0.717) is 31.8 Å². The Labute approximate surface area is 167 Å². The van der Waals surface area contributed by atoms with Crippen molar-refractivity contribution in [1.29, 1.82) is 0 Å². The number of carbonyl (C=O) groups excluding carboxylic acids is 2. The largest absolute Gasteiger partial charge is 0.497 e. The Balaban J connectivity index is 1.50. The third kappa shape index (κ3) is 5.25. The van der Waals surface area contributed by atoms with Gasteiger partial charge in [-0.1, -0.05) is 12.1 Å². The van der Waals surface area contributed by atoms with Crippen LogP contribution in [0, 0.1) is 11.8 Å². The normalized spacial score (nSPS) is 21.1. The zero-order valence-electron chi connectivity index (χ0n) is 16.8. The van der Waals surface area contributed by atoms with Crippen molar-refractivity contribution < 1.29 is 19.4 Å². The molecule has 3 rings (SSSR count). The Kier molecular flexibility index (Phi) is 7.31. The second-order valence-electron chi connectivity index (χ2n) is 7.95. The van der Waals surface area contributed by atoms with Gasteiger partial charge >= 0.3 is 0 Å². The first-order chi connectivity index (χ1) is 13.6. The summed E-state index contributed by atoms with van der Waals surface area (Å²) in [7, 11) is 1.65. The van der Waals surface area contributed by atoms with Crippen LogP contribution in [0.4, 0.5) is 0 Å². The van der Waals surface area contributed by atoms with Gasteiger partial charge < -0.3 is 19.6 Å². The van der Waals surface area contributed by atoms with E-state index in [-0.39, 0.29) is 24.3 Å². The highest BCUT2D eigenvalue weighted by Crippen LogP contribution is 2.25. The minimum Gasteiger partial charge on any atom is -0.497 e. The summed E-state index contributed by atoms with van der Waals surface area (Å²) in [5.74, 6) is 1.63. The Morgan fingerprint density at radius 3 is 2.54 bits per heavy atom. The van der Waals surface area contributed by atoms with Crippen LogP contribution < -0.4 is 4.74 Å². The van der Waals surface area contributed by atoms with Crippen LogP contribution in [0.5, 0.6) is 5.75 Å². The maximum atomic E-state index is 12.9. The SMILES string of the molecule is COc1ccc(CCN2CC(C(=O)N3CCC(CCO)CC3)CCC2=O)cc1. The van der Waals surface area contributed by atoms with Crippen LogP contribution in [0.2, 0.25) is 0 Å². The van der Waals surface area contributed by atoms with Crippen LogP contribution in [-0.2, 0) is 16.0 Å². The quantitative estimate of drug-likeness (QED) is 0.777. The fourth-order valence-electron chi connectivity index (χ4n) is 4.27. The second-order valence-corrected chi connectivity index (χ2v) is 7.95. The van der Waals surface area contributed by atoms with Gasteiger partial charge in [-0.15, -0.1) is 0 Å². The topological polar surface area (TPSA) is 70.1 Å². The van der Waals surface area contributed by atoms with E-state index in [2.05, 4.69) is 0 Å². The molecule has 0 spiro atoms. The van der Waals surface area contributed by atoms with Gasteiger partial charge in [-0.2, -0.15) is 0 Å². The fraction of sp³-hybridized carbons (Fsp3) is 0.636. The molecular formula is C22H32N2O4. The molecule has 0 aromatic heterocycles. The third-order valence-electron chi connectivity index (χ3n) is 6.14. The van der Waals surface area contributed by atoms with Crippen LogP contribution in [0.25, 0.3) is 0 Å². The lowest BCUT2D eigenvalue weighted by Gasteiger charge is -2.37. The first-order valence-electron chi connectivity index (χ1n) is 10.4. The average molecular weight is 389 g/mol. The minimum atomic E-state index is -0.0806. The number of hydrogen-bond acceptors (Lipinski definition) is 4. The van der Waals surface area contributed by atoms with Crippen molar-refractivity contribution in [2.24, 2.45) is 11.8 Å². The van der Waals surface area contributed by atoms with Crippen LogP contribution in [-0.4, -0.2) is 66.6 Å². The van der Waals surface area contributed by atoms with E-state index in [9.17, 15) is 9.59 Å². The molecule has 0 radical (unpaired) electrons. The first kappa shape index (κ1) is 20.6. The van der Waals surface area contributed by atoms with E-state index in [0.717, 1.165) is 50.1 Å². The molecule has 28 heavy (non-hydrogen) atoms. The van der Waals surface area contributed by atoms with Crippen molar-refractivity contribution in [3.8, 4) is 5.75 Å². The molecule has 154 valence electrons. The molecule has 0 aliphatic carbocycles. The van der Waals surface area contributed by atoms with E-state index < -0.39 is 0 Å². The molecule has 6 nitrogen and oxygen atoms in total. The Bertz CT molecular complexity index is 653. The molecule has 0 bridgehead atoms. The molecule has 1 N–H and O–H groups in total. The second kappa shape index (κ2) is 9.92. The number of aliphatic hydroxyl groups is 1. The Morgan fingerprint density at radius 1 is 1.18 bits per heavy atom. The molecule has 2 saturated heterocycles. The van der Waals surface area contributed by atoms with Gasteiger partial charge in [0.05, 0.1) is 13.0 Å². The highest BCUT2D eigenvalue weighted by atomic mass is 16.5. The molecule has 1 aromatic carbocycles. The van der Waals surface area contributed by atoms with Crippen LogP contribution in [0.15, 0.2) is 24.3 Å². The number of aliphatic hydroxyl groups excluding tert-OH is 1. The number of likely N-dealkylation sites (tertiary alicyclic amines) is 2. The van der Waals surface area contributed by atoms with E-state index in [1.54, 1.807) is 7.11 Å². The summed E-state index contributed by atoms with van der Waals surface area (Å²) in [6.07, 6.45) is 4.67. The summed E-state index contributed by atoms with van der Waals surface area (Å²) in [6.45, 7) is 2.96. The van der Waals surface area contributed by atoms with Crippen molar-refractivity contribution in [3.05, 3.63) is 29.8 Å². The molecule has 2 aliphatic rings. The Hall–Kier alpha value is -2.08. The summed E-state index contributed by atoms with van der Waals surface area (Å²) >= 11 is 0. The number of methoxy groups -OCH3 is 1. The lowest BCUT2D eigenvalue weighted by Crippen LogP contribution is -2.49. The molecule has 1 aromatic rings. The smallest absolute Gasteiger partial charge is 0.227 e. The van der Waals surface area contributed by atoms with Gasteiger partial charge in [0.15, 0.2) is 0 Å². The molecular weight excluding hydrogens is 356 g/mol. The maximum Gasteiger partial charge on any atom is 0.227 e. The molecule has 2 aliphatic heterocycles. The van der Waals surface area contributed by atoms with Gasteiger partial charge in [-0.25, -0.2) is 0 Å². The predicted molar refractivity (Wildman–Crippen MR) is 107 cm³/mol. The van der Waals surface area contributed by atoms with E-state index in [1.807, 2.05) is 34.1 Å². The van der Waals surface area contributed by atoms with Crippen molar-refractivity contribution in [3.63, 3.8) is 0 Å². The molecule has 6 heteroatoms. The monoisotopic (exact) mass is 388 g/mol. The van der Waals surface area contributed by atoms with Crippen LogP contribution in [0.3, 0.4) is 0 Å². The van der Waals surface area contributed by atoms with Crippen LogP contribution >= 0.6 is 0 Å². The Morgan fingerprint density at radius 2 is 1.89 bits per heavy atom. The number of amides is 2. The molecule has 0 saturated carbocycles. The van der Waals surface area contributed by atoms with Gasteiger partial charge in [-0.05, 0) is 55.7 Å². The number of carbonyl (C=O) groups is 2. The van der Waals surface area contributed by atoms with Crippen LogP contribution in [0.1, 0.15) is 37.7 Å². The number of rotatable bonds is 7. The molecule has 1 atom stereocenters. The van der Waals surface area contributed by atoms with Crippen molar-refractivity contribution in [1.82, 2.24) is 9.80 Å². The lowest BCUT2D eigenvalue weighted by molar-refractivity contribution is -0.144. The van der Waals surface area contributed by atoms with Gasteiger partial charge in [0.2, 0.25) is 11.8 Å². The molecule has 1 unspecified atom stereocenters. The number of hydrogen-bond donors (Lipinski definition) is 1. The van der Waals surface area contributed by atoms with E-state index in [4.69, 9.17) is 9.84 Å². The lowest BCUT2D eigenvalue weighted by atomic mass is 9.91. The zero-order chi connectivity index (χ0) is 19.9. The standard InChI is InChI=1S/C22H32N2O4/c1-28-20-5-2-17(3-6-20)10-14-24-16-19(4-7-21(24)26)22(27)23-12-8-18(9-13-23)11-15-25/h2-3,5-6,18-19,25H,4,7-16H2,1H3. The van der Waals surface area contributed by atoms with Crippen molar-refractivity contribution in [2.75, 3.05) is 39.9 Å².